The van der Waals surface area contributed by atoms with E-state index in [1.165, 1.54) is 51.4 Å². The summed E-state index contributed by atoms with van der Waals surface area (Å²) < 4.78 is 13.6. The van der Waals surface area contributed by atoms with Crippen LogP contribution in [0.1, 0.15) is 100 Å². The van der Waals surface area contributed by atoms with Crippen LogP contribution < -0.4 is 4.74 Å². The Morgan fingerprint density at radius 3 is 2.41 bits per heavy atom. The van der Waals surface area contributed by atoms with Crippen LogP contribution in [0, 0.1) is 10.8 Å². The number of benzene rings is 2. The minimum Gasteiger partial charge on any atom is -0.494 e. The van der Waals surface area contributed by atoms with Gasteiger partial charge in [-0.1, -0.05) is 51.5 Å². The highest BCUT2D eigenvalue weighted by Gasteiger charge is 2.23. The van der Waals surface area contributed by atoms with Crippen LogP contribution in [-0.2, 0) is 22.5 Å². The van der Waals surface area contributed by atoms with Crippen LogP contribution in [0.2, 0.25) is 0 Å². The van der Waals surface area contributed by atoms with E-state index in [-0.39, 0.29) is 5.97 Å². The third-order valence-electron chi connectivity index (χ3n) is 7.88. The molecule has 0 spiro atoms. The fourth-order valence-electron chi connectivity index (χ4n) is 6.06. The smallest absolute Gasteiger partial charge is 0.317 e. The van der Waals surface area contributed by atoms with Crippen LogP contribution >= 0.6 is 0 Å². The van der Waals surface area contributed by atoms with Gasteiger partial charge in [0, 0.05) is 40.5 Å². The van der Waals surface area contributed by atoms with Gasteiger partial charge in [0.15, 0.2) is 0 Å². The van der Waals surface area contributed by atoms with E-state index in [1.807, 2.05) is 25.1 Å². The Morgan fingerprint density at radius 2 is 1.72 bits per heavy atom. The van der Waals surface area contributed by atoms with E-state index in [2.05, 4.69) is 22.7 Å². The summed E-state index contributed by atoms with van der Waals surface area (Å²) in [7, 11) is 0. The van der Waals surface area contributed by atoms with Gasteiger partial charge in [0.25, 0.3) is 0 Å². The second-order valence-electron chi connectivity index (χ2n) is 10.8. The van der Waals surface area contributed by atoms with Crippen LogP contribution in [0.15, 0.2) is 35.5 Å². The van der Waals surface area contributed by atoms with Gasteiger partial charge in [0.05, 0.1) is 24.3 Å². The molecule has 0 atom stereocenters. The molecule has 0 radical (unpaired) electrons. The number of aromatic nitrogens is 1. The Hall–Kier alpha value is -3.22. The Kier molecular flexibility index (Phi) is 10.5. The molecule has 1 aromatic heterocycles. The Balaban J connectivity index is 1.86. The normalized spacial score (nSPS) is 15.0. The summed E-state index contributed by atoms with van der Waals surface area (Å²) in [6.45, 7) is 5.71. The summed E-state index contributed by atoms with van der Waals surface area (Å²) in [4.78, 5) is 36.2. The summed E-state index contributed by atoms with van der Waals surface area (Å²) in [5.74, 6) is 0.356. The molecule has 1 fully saturated rings. The Bertz CT molecular complexity index is 1280. The van der Waals surface area contributed by atoms with Crippen molar-refractivity contribution in [3.63, 3.8) is 0 Å². The number of nitrogens with zero attached hydrogens (tertiary/aromatic N) is 2. The minimum atomic E-state index is -0.758. The number of ether oxygens (including phenoxy) is 2. The lowest BCUT2D eigenvalue weighted by Crippen LogP contribution is -2.11. The second kappa shape index (κ2) is 14.2. The van der Waals surface area contributed by atoms with Crippen molar-refractivity contribution in [2.45, 2.75) is 97.4 Å². The largest absolute Gasteiger partial charge is 0.494 e. The van der Waals surface area contributed by atoms with Gasteiger partial charge in [-0.15, -0.1) is 4.91 Å². The van der Waals surface area contributed by atoms with E-state index >= 15 is 0 Å². The lowest BCUT2D eigenvalue weighted by molar-refractivity contribution is -0.143. The number of nitroso groups, excluding NO2 is 1. The highest BCUT2D eigenvalue weighted by molar-refractivity contribution is 6.19. The molecule has 1 amide bonds. The summed E-state index contributed by atoms with van der Waals surface area (Å²) in [5, 5.41) is 4.51. The van der Waals surface area contributed by atoms with Crippen molar-refractivity contribution in [3.05, 3.63) is 46.4 Å². The van der Waals surface area contributed by atoms with Crippen molar-refractivity contribution < 1.29 is 19.1 Å². The first-order valence-electron chi connectivity index (χ1n) is 14.8. The molecule has 3 aromatic rings. The van der Waals surface area contributed by atoms with E-state index in [9.17, 15) is 14.5 Å². The number of hydrogen-bond acceptors (Lipinski definition) is 5. The predicted molar refractivity (Wildman–Crippen MR) is 155 cm³/mol. The van der Waals surface area contributed by atoms with E-state index < -0.39 is 5.91 Å². The van der Waals surface area contributed by atoms with Crippen molar-refractivity contribution in [1.82, 2.24) is 4.57 Å². The number of fused-ring (bicyclic) bond motifs is 3. The summed E-state index contributed by atoms with van der Waals surface area (Å²) in [6, 6.07) is 9.69. The van der Waals surface area contributed by atoms with Gasteiger partial charge < -0.3 is 14.0 Å². The maximum Gasteiger partial charge on any atom is 0.317 e. The fraction of sp³-hybridized carbons (Fsp3) is 0.562. The average molecular weight is 535 g/mol. The van der Waals surface area contributed by atoms with Crippen molar-refractivity contribution in [1.29, 1.82) is 0 Å². The van der Waals surface area contributed by atoms with Gasteiger partial charge in [-0.3, -0.25) is 9.59 Å². The highest BCUT2D eigenvalue weighted by atomic mass is 16.5. The van der Waals surface area contributed by atoms with Crippen LogP contribution in [0.3, 0.4) is 0 Å². The van der Waals surface area contributed by atoms with Gasteiger partial charge in [0.1, 0.15) is 5.75 Å². The molecule has 0 bridgehead atoms. The molecular weight excluding hydrogens is 492 g/mol. The average Bonchev–Trinajstić information content (AvgIpc) is 3.32. The maximum absolute atomic E-state index is 12.7. The molecule has 0 saturated heterocycles. The Labute approximate surface area is 231 Å². The predicted octanol–water partition coefficient (Wildman–Crippen LogP) is 8.13. The first kappa shape index (κ1) is 28.8. The van der Waals surface area contributed by atoms with Crippen molar-refractivity contribution in [2.75, 3.05) is 13.2 Å². The Morgan fingerprint density at radius 1 is 0.974 bits per heavy atom. The standard InChI is InChI=1S/C32H42N2O5/c1-3-19-39-25-20-24(15-11-18-29(35)38-4-2)30-28(21-25)34(22-23-13-9-7-5-6-8-10-14-23)27-17-12-16-26(31(27)30)32(36)33-37/h12,16-17,20-21,23H,3-11,13-15,18-19,22H2,1-2H3. The molecule has 1 heterocycles. The molecule has 4 rings (SSSR count). The van der Waals surface area contributed by atoms with Gasteiger partial charge in [-0.25, -0.2) is 0 Å². The van der Waals surface area contributed by atoms with Crippen molar-refractivity contribution in [2.24, 2.45) is 11.1 Å². The quantitative estimate of drug-likeness (QED) is 0.183. The monoisotopic (exact) mass is 534 g/mol. The number of esters is 1. The molecular formula is C32H42N2O5. The highest BCUT2D eigenvalue weighted by Crippen LogP contribution is 2.39. The molecule has 0 N–H and O–H groups in total. The third-order valence-corrected chi connectivity index (χ3v) is 7.88. The van der Waals surface area contributed by atoms with Crippen LogP contribution in [0.25, 0.3) is 21.8 Å². The number of aryl methyl sites for hydroxylation is 1. The van der Waals surface area contributed by atoms with E-state index in [0.717, 1.165) is 46.1 Å². The van der Waals surface area contributed by atoms with Crippen LogP contribution in [-0.4, -0.2) is 29.7 Å². The van der Waals surface area contributed by atoms with Crippen LogP contribution in [0.5, 0.6) is 5.75 Å². The number of carbonyl (C=O) groups is 2. The number of rotatable bonds is 11. The molecule has 1 aliphatic carbocycles. The topological polar surface area (TPSA) is 87.0 Å². The van der Waals surface area contributed by atoms with Crippen molar-refractivity contribution in [3.8, 4) is 5.75 Å². The van der Waals surface area contributed by atoms with Gasteiger partial charge in [0.2, 0.25) is 0 Å². The first-order valence-corrected chi connectivity index (χ1v) is 14.8. The second-order valence-corrected chi connectivity index (χ2v) is 10.8. The number of hydrogen-bond donors (Lipinski definition) is 0. The molecule has 1 aliphatic rings. The van der Waals surface area contributed by atoms with Crippen molar-refractivity contribution >= 4 is 33.7 Å². The molecule has 2 aromatic carbocycles. The zero-order chi connectivity index (χ0) is 27.6. The van der Waals surface area contributed by atoms with Gasteiger partial charge >= 0.3 is 11.9 Å². The summed E-state index contributed by atoms with van der Waals surface area (Å²) in [6.07, 6.45) is 12.5. The third kappa shape index (κ3) is 7.06. The van der Waals surface area contributed by atoms with Gasteiger partial charge in [-0.2, -0.15) is 0 Å². The molecule has 1 saturated carbocycles. The fourth-order valence-corrected chi connectivity index (χ4v) is 6.06. The molecule has 7 heteroatoms. The van der Waals surface area contributed by atoms with Crippen LogP contribution in [0.4, 0.5) is 0 Å². The molecule has 0 unspecified atom stereocenters. The zero-order valence-corrected chi connectivity index (χ0v) is 23.5. The van der Waals surface area contributed by atoms with E-state index in [1.54, 1.807) is 6.07 Å². The molecule has 210 valence electrons. The maximum atomic E-state index is 12.7. The molecule has 0 aliphatic heterocycles. The van der Waals surface area contributed by atoms with Gasteiger partial charge in [-0.05, 0) is 68.7 Å². The zero-order valence-electron chi connectivity index (χ0n) is 23.5. The SMILES string of the molecule is CCCOc1cc(CCCC(=O)OCC)c2c3c(C(=O)N=O)cccc3n(CC3CCCCCCCC3)c2c1. The number of amides is 1. The summed E-state index contributed by atoms with van der Waals surface area (Å²) >= 11 is 0. The molecule has 39 heavy (non-hydrogen) atoms. The summed E-state index contributed by atoms with van der Waals surface area (Å²) in [5.41, 5.74) is 3.29. The number of carbonyl (C=O) groups excluding carboxylic acids is 2. The lowest BCUT2D eigenvalue weighted by atomic mass is 9.96. The minimum absolute atomic E-state index is 0.212. The van der Waals surface area contributed by atoms with E-state index in [0.29, 0.717) is 44.0 Å². The lowest BCUT2D eigenvalue weighted by Gasteiger charge is -2.19. The molecule has 7 nitrogen and oxygen atoms in total. The first-order chi connectivity index (χ1) is 19.1. The van der Waals surface area contributed by atoms with E-state index in [4.69, 9.17) is 9.47 Å².